The van der Waals surface area contributed by atoms with Gasteiger partial charge in [0.05, 0.1) is 10.9 Å². The lowest BCUT2D eigenvalue weighted by Crippen LogP contribution is -2.41. The molecule has 25 heavy (non-hydrogen) atoms. The lowest BCUT2D eigenvalue weighted by molar-refractivity contribution is -0.124. The molecule has 3 fully saturated rings. The number of amidine groups is 1. The number of thioether (sulfide) groups is 1. The summed E-state index contributed by atoms with van der Waals surface area (Å²) >= 11 is 3.29. The molecule has 4 rings (SSSR count). The maximum Gasteiger partial charge on any atom is 0.267 e. The molecular formula is C20H26N2OS2. The van der Waals surface area contributed by atoms with Crippen molar-refractivity contribution in [2.45, 2.75) is 76.3 Å². The van der Waals surface area contributed by atoms with Gasteiger partial charge in [-0.3, -0.25) is 14.7 Å². The third-order valence-corrected chi connectivity index (χ3v) is 7.28. The minimum absolute atomic E-state index is 0.180. The summed E-state index contributed by atoms with van der Waals surface area (Å²) in [7, 11) is 0. The molecule has 1 aromatic heterocycles. The summed E-state index contributed by atoms with van der Waals surface area (Å²) in [4.78, 5) is 22.3. The van der Waals surface area contributed by atoms with Crippen LogP contribution >= 0.6 is 23.1 Å². The van der Waals surface area contributed by atoms with Gasteiger partial charge in [-0.1, -0.05) is 44.6 Å². The molecule has 0 bridgehead atoms. The summed E-state index contributed by atoms with van der Waals surface area (Å²) in [5.74, 6) is 0.180. The van der Waals surface area contributed by atoms with Gasteiger partial charge in [-0.05, 0) is 55.0 Å². The zero-order valence-electron chi connectivity index (χ0n) is 14.7. The van der Waals surface area contributed by atoms with Gasteiger partial charge in [-0.2, -0.15) is 0 Å². The zero-order valence-corrected chi connectivity index (χ0v) is 16.3. The van der Waals surface area contributed by atoms with Gasteiger partial charge in [0, 0.05) is 10.9 Å². The molecule has 1 aromatic rings. The van der Waals surface area contributed by atoms with Crippen LogP contribution in [0.15, 0.2) is 27.4 Å². The first kappa shape index (κ1) is 17.3. The van der Waals surface area contributed by atoms with E-state index in [4.69, 9.17) is 4.99 Å². The number of aliphatic imine (C=N–C) groups is 1. The Hall–Kier alpha value is -1.07. The predicted octanol–water partition coefficient (Wildman–Crippen LogP) is 5.69. The molecule has 0 radical (unpaired) electrons. The number of nitrogens with zero attached hydrogens (tertiary/aromatic N) is 2. The van der Waals surface area contributed by atoms with E-state index in [0.717, 1.165) is 27.8 Å². The Morgan fingerprint density at radius 2 is 1.76 bits per heavy atom. The van der Waals surface area contributed by atoms with Crippen LogP contribution in [0, 0.1) is 0 Å². The second-order valence-corrected chi connectivity index (χ2v) is 9.28. The van der Waals surface area contributed by atoms with Crippen molar-refractivity contribution in [2.75, 3.05) is 0 Å². The molecule has 2 heterocycles. The largest absolute Gasteiger partial charge is 0.284 e. The Morgan fingerprint density at radius 3 is 2.44 bits per heavy atom. The number of rotatable bonds is 3. The van der Waals surface area contributed by atoms with Crippen LogP contribution in [-0.4, -0.2) is 28.1 Å². The molecule has 2 aliphatic carbocycles. The van der Waals surface area contributed by atoms with Crippen LogP contribution in [0.3, 0.4) is 0 Å². The minimum atomic E-state index is 0.180. The molecular weight excluding hydrogens is 348 g/mol. The number of thiophene rings is 1. The number of amides is 1. The lowest BCUT2D eigenvalue weighted by atomic mass is 9.94. The molecule has 1 amide bonds. The third-order valence-electron chi connectivity index (χ3n) is 5.46. The van der Waals surface area contributed by atoms with Gasteiger partial charge in [-0.25, -0.2) is 0 Å². The monoisotopic (exact) mass is 374 g/mol. The minimum Gasteiger partial charge on any atom is -0.284 e. The number of carbonyl (C=O) groups is 1. The Morgan fingerprint density at radius 1 is 1.04 bits per heavy atom. The zero-order chi connectivity index (χ0) is 17.1. The molecule has 3 aliphatic rings. The van der Waals surface area contributed by atoms with E-state index in [0.29, 0.717) is 12.1 Å². The van der Waals surface area contributed by atoms with E-state index in [2.05, 4.69) is 22.4 Å². The Labute approximate surface area is 158 Å². The number of carbonyl (C=O) groups excluding carboxylic acids is 1. The van der Waals surface area contributed by atoms with Gasteiger partial charge in [0.1, 0.15) is 0 Å². The molecule has 134 valence electrons. The van der Waals surface area contributed by atoms with Gasteiger partial charge >= 0.3 is 0 Å². The van der Waals surface area contributed by atoms with Crippen molar-refractivity contribution in [1.29, 1.82) is 0 Å². The smallest absolute Gasteiger partial charge is 0.267 e. The highest BCUT2D eigenvalue weighted by molar-refractivity contribution is 8.18. The summed E-state index contributed by atoms with van der Waals surface area (Å²) in [6.07, 6.45) is 14.3. The van der Waals surface area contributed by atoms with Crippen molar-refractivity contribution in [3.8, 4) is 0 Å². The second kappa shape index (κ2) is 8.09. The van der Waals surface area contributed by atoms with E-state index in [1.807, 2.05) is 6.07 Å². The molecule has 0 unspecified atom stereocenters. The van der Waals surface area contributed by atoms with Crippen LogP contribution in [0.1, 0.15) is 69.1 Å². The van der Waals surface area contributed by atoms with E-state index in [9.17, 15) is 4.79 Å². The van der Waals surface area contributed by atoms with Crippen molar-refractivity contribution < 1.29 is 4.79 Å². The summed E-state index contributed by atoms with van der Waals surface area (Å²) < 4.78 is 0. The second-order valence-electron chi connectivity index (χ2n) is 7.30. The van der Waals surface area contributed by atoms with E-state index in [-0.39, 0.29) is 5.91 Å². The van der Waals surface area contributed by atoms with Gasteiger partial charge < -0.3 is 0 Å². The van der Waals surface area contributed by atoms with Crippen molar-refractivity contribution >= 4 is 40.2 Å². The SMILES string of the molecule is O=C1C(=Cc2cccs2)SC(=NC2CCCCC2)N1C1CCCCC1. The molecule has 5 heteroatoms. The first-order valence-corrected chi connectivity index (χ1v) is 11.4. The van der Waals surface area contributed by atoms with Gasteiger partial charge in [0.2, 0.25) is 0 Å². The number of hydrogen-bond acceptors (Lipinski definition) is 4. The topological polar surface area (TPSA) is 32.7 Å². The predicted molar refractivity (Wildman–Crippen MR) is 108 cm³/mol. The fourth-order valence-electron chi connectivity index (χ4n) is 4.11. The summed E-state index contributed by atoms with van der Waals surface area (Å²) in [5.41, 5.74) is 0. The van der Waals surface area contributed by atoms with Gasteiger partial charge in [0.25, 0.3) is 5.91 Å². The molecule has 0 spiro atoms. The van der Waals surface area contributed by atoms with Crippen LogP contribution in [-0.2, 0) is 4.79 Å². The Bertz CT molecular complexity index is 653. The van der Waals surface area contributed by atoms with Crippen molar-refractivity contribution in [1.82, 2.24) is 4.90 Å². The van der Waals surface area contributed by atoms with Crippen molar-refractivity contribution in [3.05, 3.63) is 27.3 Å². The van der Waals surface area contributed by atoms with Crippen LogP contribution < -0.4 is 0 Å². The molecule has 1 saturated heterocycles. The summed E-state index contributed by atoms with van der Waals surface area (Å²) in [6, 6.07) is 4.88. The summed E-state index contributed by atoms with van der Waals surface area (Å²) in [5, 5.41) is 3.04. The Balaban J connectivity index is 1.61. The highest BCUT2D eigenvalue weighted by Crippen LogP contribution is 2.38. The first-order valence-electron chi connectivity index (χ1n) is 9.66. The van der Waals surface area contributed by atoms with Gasteiger partial charge in [-0.15, -0.1) is 11.3 Å². The standard InChI is InChI=1S/C20H26N2OS2/c23-19-18(14-17-12-7-13-24-17)25-20(21-15-8-3-1-4-9-15)22(19)16-10-5-2-6-11-16/h7,12-16H,1-6,8-11H2. The fourth-order valence-corrected chi connectivity index (χ4v) is 5.94. The normalized spacial score (nSPS) is 26.9. The van der Waals surface area contributed by atoms with Crippen LogP contribution in [0.4, 0.5) is 0 Å². The van der Waals surface area contributed by atoms with Gasteiger partial charge in [0.15, 0.2) is 5.17 Å². The average Bonchev–Trinajstić information content (AvgIpc) is 3.26. The molecule has 0 atom stereocenters. The molecule has 2 saturated carbocycles. The van der Waals surface area contributed by atoms with E-state index >= 15 is 0 Å². The fraction of sp³-hybridized carbons (Fsp3) is 0.600. The van der Waals surface area contributed by atoms with E-state index < -0.39 is 0 Å². The average molecular weight is 375 g/mol. The molecule has 0 N–H and O–H groups in total. The number of hydrogen-bond donors (Lipinski definition) is 0. The lowest BCUT2D eigenvalue weighted by Gasteiger charge is -2.31. The van der Waals surface area contributed by atoms with E-state index in [1.54, 1.807) is 23.1 Å². The molecule has 3 nitrogen and oxygen atoms in total. The maximum atomic E-state index is 13.1. The summed E-state index contributed by atoms with van der Waals surface area (Å²) in [6.45, 7) is 0. The van der Waals surface area contributed by atoms with Crippen LogP contribution in [0.25, 0.3) is 6.08 Å². The Kier molecular flexibility index (Phi) is 5.61. The first-order chi connectivity index (χ1) is 12.3. The van der Waals surface area contributed by atoms with Crippen molar-refractivity contribution in [3.63, 3.8) is 0 Å². The highest BCUT2D eigenvalue weighted by atomic mass is 32.2. The van der Waals surface area contributed by atoms with E-state index in [1.165, 1.54) is 51.4 Å². The quantitative estimate of drug-likeness (QED) is 0.637. The molecule has 1 aliphatic heterocycles. The third kappa shape index (κ3) is 4.03. The van der Waals surface area contributed by atoms with Crippen LogP contribution in [0.5, 0.6) is 0 Å². The van der Waals surface area contributed by atoms with Crippen molar-refractivity contribution in [2.24, 2.45) is 4.99 Å². The maximum absolute atomic E-state index is 13.1. The van der Waals surface area contributed by atoms with Crippen LogP contribution in [0.2, 0.25) is 0 Å². The molecule has 0 aromatic carbocycles. The highest BCUT2D eigenvalue weighted by Gasteiger charge is 2.39.